The van der Waals surface area contributed by atoms with Crippen molar-refractivity contribution in [1.29, 1.82) is 5.26 Å². The molecule has 1 aromatic carbocycles. The van der Waals surface area contributed by atoms with E-state index < -0.39 is 0 Å². The highest BCUT2D eigenvalue weighted by Gasteiger charge is 2.04. The van der Waals surface area contributed by atoms with E-state index in [1.54, 1.807) is 18.3 Å². The first-order valence-electron chi connectivity index (χ1n) is 6.80. The van der Waals surface area contributed by atoms with Gasteiger partial charge < -0.3 is 5.32 Å². The Kier molecular flexibility index (Phi) is 3.74. The average Bonchev–Trinajstić information content (AvgIpc) is 2.55. The number of benzene rings is 1. The molecule has 21 heavy (non-hydrogen) atoms. The van der Waals surface area contributed by atoms with Gasteiger partial charge in [0, 0.05) is 24.3 Å². The third-order valence-corrected chi connectivity index (χ3v) is 3.33. The first-order valence-corrected chi connectivity index (χ1v) is 6.80. The molecule has 0 unspecified atom stereocenters. The van der Waals surface area contributed by atoms with Crippen molar-refractivity contribution < 1.29 is 0 Å². The number of hydrogen-bond donors (Lipinski definition) is 1. The molecule has 2 heterocycles. The summed E-state index contributed by atoms with van der Waals surface area (Å²) in [7, 11) is 0. The number of pyridine rings is 2. The molecule has 0 aliphatic rings. The maximum Gasteiger partial charge on any atom is 0.143 e. The molecule has 0 radical (unpaired) electrons. The molecular formula is C17H14N4. The minimum absolute atomic E-state index is 0.563. The lowest BCUT2D eigenvalue weighted by Crippen LogP contribution is -2.08. The Hall–Kier alpha value is -2.93. The van der Waals surface area contributed by atoms with Gasteiger partial charge in [-0.15, -0.1) is 0 Å². The standard InChI is InChI=1S/C17H14N4/c18-12-15-7-3-10-20-17(15)21-11-8-14-5-1-4-13-6-2-9-19-16(13)14/h1-7,9-10H,8,11H2,(H,20,21). The molecule has 0 aliphatic heterocycles. The van der Waals surface area contributed by atoms with Crippen LogP contribution in [0, 0.1) is 11.3 Å². The van der Waals surface area contributed by atoms with Crippen molar-refractivity contribution in [3.05, 3.63) is 66.0 Å². The molecule has 0 fully saturated rings. The number of anilines is 1. The van der Waals surface area contributed by atoms with Crippen molar-refractivity contribution in [2.75, 3.05) is 11.9 Å². The van der Waals surface area contributed by atoms with Crippen LogP contribution in [0.4, 0.5) is 5.82 Å². The number of hydrogen-bond acceptors (Lipinski definition) is 4. The van der Waals surface area contributed by atoms with Gasteiger partial charge in [0.25, 0.3) is 0 Å². The highest BCUT2D eigenvalue weighted by molar-refractivity contribution is 5.81. The largest absolute Gasteiger partial charge is 0.369 e. The molecule has 4 nitrogen and oxygen atoms in total. The highest BCUT2D eigenvalue weighted by Crippen LogP contribution is 2.17. The van der Waals surface area contributed by atoms with Crippen LogP contribution in [0.5, 0.6) is 0 Å². The van der Waals surface area contributed by atoms with Gasteiger partial charge >= 0.3 is 0 Å². The lowest BCUT2D eigenvalue weighted by atomic mass is 10.1. The Balaban J connectivity index is 1.74. The lowest BCUT2D eigenvalue weighted by Gasteiger charge is -2.08. The zero-order valence-corrected chi connectivity index (χ0v) is 11.5. The van der Waals surface area contributed by atoms with E-state index in [0.29, 0.717) is 17.9 Å². The maximum atomic E-state index is 9.04. The number of nitrogens with zero attached hydrogens (tertiary/aromatic N) is 3. The summed E-state index contributed by atoms with van der Waals surface area (Å²) in [6.07, 6.45) is 4.32. The van der Waals surface area contributed by atoms with Crippen molar-refractivity contribution >= 4 is 16.7 Å². The number of nitriles is 1. The zero-order chi connectivity index (χ0) is 14.5. The molecule has 0 atom stereocenters. The normalized spacial score (nSPS) is 10.2. The lowest BCUT2D eigenvalue weighted by molar-refractivity contribution is 1.01. The van der Waals surface area contributed by atoms with E-state index in [1.165, 1.54) is 5.56 Å². The fraction of sp³-hybridized carbons (Fsp3) is 0.118. The first kappa shape index (κ1) is 13.1. The molecule has 0 amide bonds. The summed E-state index contributed by atoms with van der Waals surface area (Å²) in [5.41, 5.74) is 2.78. The second-order valence-electron chi connectivity index (χ2n) is 4.68. The van der Waals surface area contributed by atoms with Gasteiger partial charge in [0.05, 0.1) is 11.1 Å². The fourth-order valence-corrected chi connectivity index (χ4v) is 2.32. The predicted molar refractivity (Wildman–Crippen MR) is 82.9 cm³/mol. The van der Waals surface area contributed by atoms with Crippen molar-refractivity contribution in [3.63, 3.8) is 0 Å². The van der Waals surface area contributed by atoms with Crippen LogP contribution in [-0.4, -0.2) is 16.5 Å². The first-order chi connectivity index (χ1) is 10.4. The van der Waals surface area contributed by atoms with Gasteiger partial charge in [-0.1, -0.05) is 24.3 Å². The number of aromatic nitrogens is 2. The number of fused-ring (bicyclic) bond motifs is 1. The predicted octanol–water partition coefficient (Wildman–Crippen LogP) is 3.16. The van der Waals surface area contributed by atoms with Crippen LogP contribution in [0.25, 0.3) is 10.9 Å². The smallest absolute Gasteiger partial charge is 0.143 e. The Morgan fingerprint density at radius 1 is 1.00 bits per heavy atom. The molecular weight excluding hydrogens is 260 g/mol. The Bertz CT molecular complexity index is 800. The minimum atomic E-state index is 0.563. The second kappa shape index (κ2) is 6.02. The molecule has 0 aliphatic carbocycles. The van der Waals surface area contributed by atoms with E-state index >= 15 is 0 Å². The topological polar surface area (TPSA) is 61.6 Å². The van der Waals surface area contributed by atoms with Gasteiger partial charge in [-0.2, -0.15) is 5.26 Å². The Morgan fingerprint density at radius 2 is 1.81 bits per heavy atom. The summed E-state index contributed by atoms with van der Waals surface area (Å²) in [5.74, 6) is 0.633. The van der Waals surface area contributed by atoms with E-state index in [-0.39, 0.29) is 0 Å². The maximum absolute atomic E-state index is 9.04. The van der Waals surface area contributed by atoms with E-state index in [4.69, 9.17) is 5.26 Å². The van der Waals surface area contributed by atoms with Crippen LogP contribution >= 0.6 is 0 Å². The van der Waals surface area contributed by atoms with E-state index in [1.807, 2.05) is 18.3 Å². The van der Waals surface area contributed by atoms with Crippen LogP contribution in [0.2, 0.25) is 0 Å². The van der Waals surface area contributed by atoms with Gasteiger partial charge in [0.1, 0.15) is 11.9 Å². The van der Waals surface area contributed by atoms with Crippen molar-refractivity contribution in [2.24, 2.45) is 0 Å². The van der Waals surface area contributed by atoms with Crippen LogP contribution in [0.1, 0.15) is 11.1 Å². The Morgan fingerprint density at radius 3 is 2.71 bits per heavy atom. The third-order valence-electron chi connectivity index (χ3n) is 3.33. The van der Waals surface area contributed by atoms with Gasteiger partial charge in [-0.3, -0.25) is 4.98 Å². The van der Waals surface area contributed by atoms with Crippen molar-refractivity contribution in [3.8, 4) is 6.07 Å². The van der Waals surface area contributed by atoms with Crippen LogP contribution in [0.3, 0.4) is 0 Å². The number of nitrogens with one attached hydrogen (secondary N) is 1. The molecule has 3 aromatic rings. The second-order valence-corrected chi connectivity index (χ2v) is 4.68. The molecule has 1 N–H and O–H groups in total. The quantitative estimate of drug-likeness (QED) is 0.793. The summed E-state index contributed by atoms with van der Waals surface area (Å²) in [4.78, 5) is 8.64. The van der Waals surface area contributed by atoms with Crippen LogP contribution < -0.4 is 5.32 Å². The fourth-order valence-electron chi connectivity index (χ4n) is 2.32. The van der Waals surface area contributed by atoms with Gasteiger partial charge in [-0.25, -0.2) is 4.98 Å². The van der Waals surface area contributed by atoms with Crippen molar-refractivity contribution in [1.82, 2.24) is 9.97 Å². The summed E-state index contributed by atoms with van der Waals surface area (Å²) in [5, 5.41) is 13.4. The van der Waals surface area contributed by atoms with Gasteiger partial charge in [0.15, 0.2) is 0 Å². The molecule has 4 heteroatoms. The van der Waals surface area contributed by atoms with E-state index in [0.717, 1.165) is 17.3 Å². The average molecular weight is 274 g/mol. The molecule has 0 saturated heterocycles. The third kappa shape index (κ3) is 2.82. The minimum Gasteiger partial charge on any atom is -0.369 e. The highest BCUT2D eigenvalue weighted by atomic mass is 15.0. The number of para-hydroxylation sites is 1. The molecule has 3 rings (SSSR count). The summed E-state index contributed by atoms with van der Waals surface area (Å²) < 4.78 is 0. The van der Waals surface area contributed by atoms with Crippen LogP contribution in [0.15, 0.2) is 54.9 Å². The molecule has 102 valence electrons. The molecule has 2 aromatic heterocycles. The van der Waals surface area contributed by atoms with Crippen LogP contribution in [-0.2, 0) is 6.42 Å². The van der Waals surface area contributed by atoms with E-state index in [9.17, 15) is 0 Å². The molecule has 0 bridgehead atoms. The molecule has 0 saturated carbocycles. The van der Waals surface area contributed by atoms with E-state index in [2.05, 4.69) is 39.6 Å². The van der Waals surface area contributed by atoms with Crippen molar-refractivity contribution in [2.45, 2.75) is 6.42 Å². The summed E-state index contributed by atoms with van der Waals surface area (Å²) in [6, 6.07) is 15.8. The molecule has 0 spiro atoms. The van der Waals surface area contributed by atoms with Gasteiger partial charge in [0.2, 0.25) is 0 Å². The Labute approximate surface area is 123 Å². The summed E-state index contributed by atoms with van der Waals surface area (Å²) in [6.45, 7) is 0.710. The SMILES string of the molecule is N#Cc1cccnc1NCCc1cccc2cccnc12. The van der Waals surface area contributed by atoms with Gasteiger partial charge in [-0.05, 0) is 30.2 Å². The monoisotopic (exact) mass is 274 g/mol. The number of rotatable bonds is 4. The summed E-state index contributed by atoms with van der Waals surface area (Å²) >= 11 is 0. The zero-order valence-electron chi connectivity index (χ0n) is 11.5.